The summed E-state index contributed by atoms with van der Waals surface area (Å²) >= 11 is 1.97. The van der Waals surface area contributed by atoms with Gasteiger partial charge in [-0.05, 0) is 24.3 Å². The van der Waals surface area contributed by atoms with Gasteiger partial charge in [-0.1, -0.05) is 19.9 Å². The van der Waals surface area contributed by atoms with Crippen LogP contribution in [0, 0.1) is 5.41 Å². The molecular formula is C9H17NS. The average Bonchev–Trinajstić information content (AvgIpc) is 2.37. The predicted molar refractivity (Wildman–Crippen MR) is 52.8 cm³/mol. The molecule has 1 atom stereocenters. The SMILES string of the molecule is CNCC(C)(C)C1CC=CS1. The fraction of sp³-hybridized carbons (Fsp3) is 0.778. The zero-order chi connectivity index (χ0) is 8.32. The van der Waals surface area contributed by atoms with Crippen molar-refractivity contribution < 1.29 is 0 Å². The van der Waals surface area contributed by atoms with Gasteiger partial charge in [-0.25, -0.2) is 0 Å². The number of thioether (sulfide) groups is 1. The third kappa shape index (κ3) is 2.24. The van der Waals surface area contributed by atoms with Gasteiger partial charge in [-0.2, -0.15) is 0 Å². The lowest BCUT2D eigenvalue weighted by Crippen LogP contribution is -2.34. The Balaban J connectivity index is 2.43. The highest BCUT2D eigenvalue weighted by Gasteiger charge is 2.29. The average molecular weight is 171 g/mol. The Labute approximate surface area is 73.6 Å². The van der Waals surface area contributed by atoms with Crippen molar-refractivity contribution in [2.24, 2.45) is 5.41 Å². The first-order valence-corrected chi connectivity index (χ1v) is 5.06. The molecular weight excluding hydrogens is 154 g/mol. The normalized spacial score (nSPS) is 24.5. The predicted octanol–water partition coefficient (Wildman–Crippen LogP) is 2.25. The van der Waals surface area contributed by atoms with E-state index < -0.39 is 0 Å². The van der Waals surface area contributed by atoms with Crippen LogP contribution in [-0.4, -0.2) is 18.8 Å². The van der Waals surface area contributed by atoms with Crippen LogP contribution in [0.15, 0.2) is 11.5 Å². The maximum Gasteiger partial charge on any atom is 0.0186 e. The third-order valence-electron chi connectivity index (χ3n) is 2.19. The number of hydrogen-bond donors (Lipinski definition) is 1. The lowest BCUT2D eigenvalue weighted by Gasteiger charge is -2.30. The molecule has 0 aliphatic carbocycles. The molecule has 1 aliphatic rings. The van der Waals surface area contributed by atoms with Crippen molar-refractivity contribution in [2.75, 3.05) is 13.6 Å². The van der Waals surface area contributed by atoms with Gasteiger partial charge in [0, 0.05) is 11.8 Å². The molecule has 0 aromatic carbocycles. The number of hydrogen-bond acceptors (Lipinski definition) is 2. The summed E-state index contributed by atoms with van der Waals surface area (Å²) < 4.78 is 0. The third-order valence-corrected chi connectivity index (χ3v) is 3.70. The first-order valence-electron chi connectivity index (χ1n) is 4.12. The second kappa shape index (κ2) is 3.63. The van der Waals surface area contributed by atoms with E-state index in [0.717, 1.165) is 11.8 Å². The Morgan fingerprint density at radius 3 is 2.82 bits per heavy atom. The molecule has 1 unspecified atom stereocenters. The molecule has 0 saturated carbocycles. The molecule has 1 heterocycles. The molecule has 11 heavy (non-hydrogen) atoms. The van der Waals surface area contributed by atoms with E-state index in [0.29, 0.717) is 5.41 Å². The summed E-state index contributed by atoms with van der Waals surface area (Å²) in [5, 5.41) is 6.24. The molecule has 64 valence electrons. The first-order chi connectivity index (χ1) is 5.17. The van der Waals surface area contributed by atoms with Crippen LogP contribution >= 0.6 is 11.8 Å². The van der Waals surface area contributed by atoms with E-state index >= 15 is 0 Å². The second-order valence-electron chi connectivity index (χ2n) is 3.75. The summed E-state index contributed by atoms with van der Waals surface area (Å²) in [7, 11) is 2.02. The smallest absolute Gasteiger partial charge is 0.0186 e. The molecule has 1 rings (SSSR count). The minimum atomic E-state index is 0.420. The van der Waals surface area contributed by atoms with Gasteiger partial charge < -0.3 is 5.32 Å². The van der Waals surface area contributed by atoms with Gasteiger partial charge in [-0.3, -0.25) is 0 Å². The maximum absolute atomic E-state index is 3.24. The molecule has 2 heteroatoms. The summed E-state index contributed by atoms with van der Waals surface area (Å²) in [6, 6.07) is 0. The first kappa shape index (κ1) is 9.14. The van der Waals surface area contributed by atoms with E-state index in [4.69, 9.17) is 0 Å². The van der Waals surface area contributed by atoms with Gasteiger partial charge in [0.05, 0.1) is 0 Å². The monoisotopic (exact) mass is 171 g/mol. The van der Waals surface area contributed by atoms with Gasteiger partial charge in [-0.15, -0.1) is 11.8 Å². The molecule has 1 nitrogen and oxygen atoms in total. The summed E-state index contributed by atoms with van der Waals surface area (Å²) in [5.41, 5.74) is 0.420. The van der Waals surface area contributed by atoms with Gasteiger partial charge in [0.25, 0.3) is 0 Å². The Kier molecular flexibility index (Phi) is 3.02. The molecule has 0 amide bonds. The van der Waals surface area contributed by atoms with E-state index in [1.54, 1.807) is 0 Å². The van der Waals surface area contributed by atoms with Crippen molar-refractivity contribution >= 4 is 11.8 Å². The summed E-state index contributed by atoms with van der Waals surface area (Å²) in [6.45, 7) is 5.76. The summed E-state index contributed by atoms with van der Waals surface area (Å²) in [6.07, 6.45) is 3.51. The Morgan fingerprint density at radius 1 is 1.64 bits per heavy atom. The van der Waals surface area contributed by atoms with Crippen LogP contribution in [0.1, 0.15) is 20.3 Å². The van der Waals surface area contributed by atoms with Crippen molar-refractivity contribution in [1.29, 1.82) is 0 Å². The standard InChI is InChI=1S/C9H17NS/c1-9(2,7-10-3)8-5-4-6-11-8/h4,6,8,10H,5,7H2,1-3H3. The van der Waals surface area contributed by atoms with Crippen LogP contribution in [0.25, 0.3) is 0 Å². The topological polar surface area (TPSA) is 12.0 Å². The highest BCUT2D eigenvalue weighted by atomic mass is 32.2. The quantitative estimate of drug-likeness (QED) is 0.699. The molecule has 0 fully saturated rings. The zero-order valence-electron chi connectivity index (χ0n) is 7.55. The Bertz CT molecular complexity index is 144. The van der Waals surface area contributed by atoms with E-state index in [-0.39, 0.29) is 0 Å². The fourth-order valence-electron chi connectivity index (χ4n) is 1.46. The van der Waals surface area contributed by atoms with Crippen LogP contribution < -0.4 is 5.32 Å². The maximum atomic E-state index is 3.24. The van der Waals surface area contributed by atoms with Gasteiger partial charge in [0.2, 0.25) is 0 Å². The van der Waals surface area contributed by atoms with Crippen LogP contribution in [0.4, 0.5) is 0 Å². The molecule has 1 N–H and O–H groups in total. The lowest BCUT2D eigenvalue weighted by atomic mass is 9.87. The van der Waals surface area contributed by atoms with Crippen LogP contribution in [-0.2, 0) is 0 Å². The summed E-state index contributed by atoms with van der Waals surface area (Å²) in [5.74, 6) is 0. The highest BCUT2D eigenvalue weighted by Crippen LogP contribution is 2.37. The molecule has 0 spiro atoms. The van der Waals surface area contributed by atoms with Crippen molar-refractivity contribution in [3.05, 3.63) is 11.5 Å². The molecule has 0 radical (unpaired) electrons. The lowest BCUT2D eigenvalue weighted by molar-refractivity contribution is 0.341. The Morgan fingerprint density at radius 2 is 2.36 bits per heavy atom. The van der Waals surface area contributed by atoms with E-state index in [9.17, 15) is 0 Å². The van der Waals surface area contributed by atoms with Crippen molar-refractivity contribution in [2.45, 2.75) is 25.5 Å². The molecule has 0 aromatic heterocycles. The number of allylic oxidation sites excluding steroid dienone is 1. The minimum absolute atomic E-state index is 0.420. The van der Waals surface area contributed by atoms with Gasteiger partial charge in [0.1, 0.15) is 0 Å². The Hall–Kier alpha value is 0.0500. The molecule has 0 saturated heterocycles. The fourth-order valence-corrected chi connectivity index (χ4v) is 2.54. The van der Waals surface area contributed by atoms with Gasteiger partial charge >= 0.3 is 0 Å². The highest BCUT2D eigenvalue weighted by molar-refractivity contribution is 8.03. The van der Waals surface area contributed by atoms with Crippen molar-refractivity contribution in [3.8, 4) is 0 Å². The summed E-state index contributed by atoms with van der Waals surface area (Å²) in [4.78, 5) is 0. The van der Waals surface area contributed by atoms with Crippen LogP contribution in [0.3, 0.4) is 0 Å². The number of nitrogens with one attached hydrogen (secondary N) is 1. The molecule has 0 bridgehead atoms. The number of rotatable bonds is 3. The van der Waals surface area contributed by atoms with Crippen molar-refractivity contribution in [3.63, 3.8) is 0 Å². The zero-order valence-corrected chi connectivity index (χ0v) is 8.37. The molecule has 1 aliphatic heterocycles. The second-order valence-corrected chi connectivity index (χ2v) is 4.86. The van der Waals surface area contributed by atoms with E-state index in [1.165, 1.54) is 6.42 Å². The largest absolute Gasteiger partial charge is 0.319 e. The minimum Gasteiger partial charge on any atom is -0.319 e. The van der Waals surface area contributed by atoms with E-state index in [1.807, 2.05) is 18.8 Å². The van der Waals surface area contributed by atoms with E-state index in [2.05, 4.69) is 30.6 Å². The van der Waals surface area contributed by atoms with Crippen LogP contribution in [0.5, 0.6) is 0 Å². The van der Waals surface area contributed by atoms with Gasteiger partial charge in [0.15, 0.2) is 0 Å². The van der Waals surface area contributed by atoms with Crippen molar-refractivity contribution in [1.82, 2.24) is 5.32 Å². The molecule has 0 aromatic rings. The van der Waals surface area contributed by atoms with Crippen LogP contribution in [0.2, 0.25) is 0 Å².